The molecule has 0 aromatic rings. The van der Waals surface area contributed by atoms with E-state index in [1.165, 1.54) is 32.1 Å². The van der Waals surface area contributed by atoms with E-state index in [0.29, 0.717) is 23.4 Å². The summed E-state index contributed by atoms with van der Waals surface area (Å²) in [4.78, 5) is 24.5. The highest BCUT2D eigenvalue weighted by atomic mass is 16.1. The fraction of sp³-hybridized carbons (Fsp3) is 0.900. The normalized spacial score (nSPS) is 48.9. The molecule has 0 aliphatic heterocycles. The molecule has 4 rings (SSSR count). The van der Waals surface area contributed by atoms with Gasteiger partial charge in [0.25, 0.3) is 0 Å². The molecule has 22 heavy (non-hydrogen) atoms. The molecule has 0 amide bonds. The van der Waals surface area contributed by atoms with Gasteiger partial charge in [0, 0.05) is 24.7 Å². The minimum absolute atomic E-state index is 0.00714. The summed E-state index contributed by atoms with van der Waals surface area (Å²) >= 11 is 0. The molecule has 6 atom stereocenters. The highest BCUT2D eigenvalue weighted by molar-refractivity contribution is 5.85. The van der Waals surface area contributed by atoms with Crippen molar-refractivity contribution in [1.82, 2.24) is 0 Å². The van der Waals surface area contributed by atoms with Crippen LogP contribution in [0.5, 0.6) is 0 Å². The lowest BCUT2D eigenvalue weighted by Crippen LogP contribution is -2.52. The molecule has 0 radical (unpaired) electrons. The van der Waals surface area contributed by atoms with Gasteiger partial charge in [-0.2, -0.15) is 0 Å². The maximum Gasteiger partial charge on any atom is 0.139 e. The van der Waals surface area contributed by atoms with E-state index in [0.717, 1.165) is 56.3 Å². The second-order valence-electron chi connectivity index (χ2n) is 8.84. The third-order valence-electron chi connectivity index (χ3n) is 7.95. The molecule has 0 bridgehead atoms. The number of carbonyl (C=O) groups is 2. The summed E-state index contributed by atoms with van der Waals surface area (Å²) in [5, 5.41) is 0. The lowest BCUT2D eigenvalue weighted by Gasteiger charge is -2.56. The number of hydrogen-bond donors (Lipinski definition) is 0. The molecule has 0 saturated heterocycles. The van der Waals surface area contributed by atoms with Gasteiger partial charge in [0.15, 0.2) is 0 Å². The number of rotatable bonds is 0. The lowest BCUT2D eigenvalue weighted by molar-refractivity contribution is -0.146. The summed E-state index contributed by atoms with van der Waals surface area (Å²) in [6.45, 7) is 2.28. The predicted octanol–water partition coefficient (Wildman–Crippen LogP) is 4.56. The third-order valence-corrected chi connectivity index (χ3v) is 7.95. The van der Waals surface area contributed by atoms with Crippen LogP contribution in [0.1, 0.15) is 77.6 Å². The minimum atomic E-state index is -0.00714. The Morgan fingerprint density at radius 2 is 1.68 bits per heavy atom. The fourth-order valence-electron chi connectivity index (χ4n) is 6.83. The molecule has 6 unspecified atom stereocenters. The van der Waals surface area contributed by atoms with Crippen molar-refractivity contribution in [2.24, 2.45) is 35.0 Å². The number of fused-ring (bicyclic) bond motifs is 5. The zero-order valence-corrected chi connectivity index (χ0v) is 14.0. The molecular formula is C20H30O2. The Bertz CT molecular complexity index is 482. The van der Waals surface area contributed by atoms with Crippen LogP contribution in [-0.4, -0.2) is 11.6 Å². The first-order chi connectivity index (χ1) is 10.6. The van der Waals surface area contributed by atoms with Gasteiger partial charge >= 0.3 is 0 Å². The van der Waals surface area contributed by atoms with E-state index >= 15 is 0 Å². The van der Waals surface area contributed by atoms with E-state index in [2.05, 4.69) is 6.92 Å². The van der Waals surface area contributed by atoms with Crippen molar-refractivity contribution < 1.29 is 9.59 Å². The van der Waals surface area contributed by atoms with E-state index in [9.17, 15) is 9.59 Å². The zero-order valence-electron chi connectivity index (χ0n) is 14.0. The molecule has 2 heteroatoms. The van der Waals surface area contributed by atoms with Crippen molar-refractivity contribution in [2.45, 2.75) is 77.6 Å². The Kier molecular flexibility index (Phi) is 3.70. The smallest absolute Gasteiger partial charge is 0.139 e. The molecule has 4 fully saturated rings. The van der Waals surface area contributed by atoms with Crippen molar-refractivity contribution >= 4 is 11.6 Å². The number of hydrogen-bond acceptors (Lipinski definition) is 2. The van der Waals surface area contributed by atoms with Crippen LogP contribution in [-0.2, 0) is 9.59 Å². The zero-order chi connectivity index (χ0) is 15.3. The van der Waals surface area contributed by atoms with E-state index in [1.807, 2.05) is 0 Å². The first kappa shape index (κ1) is 14.9. The van der Waals surface area contributed by atoms with Gasteiger partial charge in [-0.3, -0.25) is 9.59 Å². The van der Waals surface area contributed by atoms with Crippen molar-refractivity contribution in [3.63, 3.8) is 0 Å². The second kappa shape index (κ2) is 5.46. The standard InChI is InChI=1S/C20H30O2/c1-20-11-10-16-15-5-2-4-14(21)12-13(15)8-9-17(16)18(20)6-3-7-19(20)22/h13,15-18H,2-12H2,1H3. The highest BCUT2D eigenvalue weighted by Gasteiger charge is 2.54. The molecule has 0 spiro atoms. The van der Waals surface area contributed by atoms with Crippen LogP contribution in [0.25, 0.3) is 0 Å². The number of ketones is 2. The van der Waals surface area contributed by atoms with Gasteiger partial charge in [0.1, 0.15) is 11.6 Å². The van der Waals surface area contributed by atoms with E-state index < -0.39 is 0 Å². The summed E-state index contributed by atoms with van der Waals surface area (Å²) in [6, 6.07) is 0. The van der Waals surface area contributed by atoms with Gasteiger partial charge in [-0.05, 0) is 81.0 Å². The lowest BCUT2D eigenvalue weighted by atomic mass is 9.48. The maximum absolute atomic E-state index is 12.6. The monoisotopic (exact) mass is 302 g/mol. The van der Waals surface area contributed by atoms with Crippen molar-refractivity contribution in [3.8, 4) is 0 Å². The number of carbonyl (C=O) groups excluding carboxylic acids is 2. The second-order valence-corrected chi connectivity index (χ2v) is 8.84. The van der Waals surface area contributed by atoms with Gasteiger partial charge in [-0.1, -0.05) is 6.92 Å². The Labute approximate surface area is 134 Å². The molecule has 122 valence electrons. The van der Waals surface area contributed by atoms with Gasteiger partial charge in [0.05, 0.1) is 0 Å². The van der Waals surface area contributed by atoms with Crippen LogP contribution in [0.3, 0.4) is 0 Å². The molecule has 0 aromatic heterocycles. The van der Waals surface area contributed by atoms with Gasteiger partial charge in [0.2, 0.25) is 0 Å². The van der Waals surface area contributed by atoms with E-state index in [1.54, 1.807) is 0 Å². The maximum atomic E-state index is 12.6. The van der Waals surface area contributed by atoms with E-state index in [-0.39, 0.29) is 5.41 Å². The molecule has 2 nitrogen and oxygen atoms in total. The summed E-state index contributed by atoms with van der Waals surface area (Å²) in [7, 11) is 0. The van der Waals surface area contributed by atoms with Gasteiger partial charge in [-0.25, -0.2) is 0 Å². The van der Waals surface area contributed by atoms with Crippen LogP contribution >= 0.6 is 0 Å². The number of Topliss-reactive ketones (excluding diaryl/α,β-unsaturated/α-hetero) is 2. The van der Waals surface area contributed by atoms with Crippen LogP contribution in [0.4, 0.5) is 0 Å². The molecule has 0 heterocycles. The molecular weight excluding hydrogens is 272 g/mol. The Balaban J connectivity index is 1.59. The van der Waals surface area contributed by atoms with Crippen molar-refractivity contribution in [3.05, 3.63) is 0 Å². The summed E-state index contributed by atoms with van der Waals surface area (Å²) < 4.78 is 0. The third kappa shape index (κ3) is 2.20. The summed E-state index contributed by atoms with van der Waals surface area (Å²) in [6.07, 6.45) is 12.2. The molecule has 0 N–H and O–H groups in total. The summed E-state index contributed by atoms with van der Waals surface area (Å²) in [5.41, 5.74) is -0.00714. The average molecular weight is 302 g/mol. The minimum Gasteiger partial charge on any atom is -0.300 e. The quantitative estimate of drug-likeness (QED) is 0.657. The SMILES string of the molecule is CC12CCC3C4CCCC(=O)CC4CCC3C1CCCC2=O. The largest absolute Gasteiger partial charge is 0.300 e. The first-order valence-electron chi connectivity index (χ1n) is 9.64. The van der Waals surface area contributed by atoms with Crippen LogP contribution in [0, 0.1) is 35.0 Å². The average Bonchev–Trinajstić information content (AvgIpc) is 2.69. The molecule has 4 saturated carbocycles. The predicted molar refractivity (Wildman–Crippen MR) is 86.4 cm³/mol. The molecule has 4 aliphatic rings. The van der Waals surface area contributed by atoms with Gasteiger partial charge < -0.3 is 0 Å². The highest BCUT2D eigenvalue weighted by Crippen LogP contribution is 2.59. The van der Waals surface area contributed by atoms with Crippen LogP contribution in [0.2, 0.25) is 0 Å². The Hall–Kier alpha value is -0.660. The topological polar surface area (TPSA) is 34.1 Å². The molecule has 4 aliphatic carbocycles. The van der Waals surface area contributed by atoms with Crippen LogP contribution in [0.15, 0.2) is 0 Å². The Morgan fingerprint density at radius 3 is 2.55 bits per heavy atom. The fourth-order valence-corrected chi connectivity index (χ4v) is 6.83. The van der Waals surface area contributed by atoms with E-state index in [4.69, 9.17) is 0 Å². The summed E-state index contributed by atoms with van der Waals surface area (Å²) in [5.74, 6) is 4.75. The van der Waals surface area contributed by atoms with Crippen LogP contribution < -0.4 is 0 Å². The Morgan fingerprint density at radius 1 is 0.864 bits per heavy atom. The molecule has 0 aromatic carbocycles. The van der Waals surface area contributed by atoms with Crippen molar-refractivity contribution in [2.75, 3.05) is 0 Å². The first-order valence-corrected chi connectivity index (χ1v) is 9.64. The van der Waals surface area contributed by atoms with Gasteiger partial charge in [-0.15, -0.1) is 0 Å². The van der Waals surface area contributed by atoms with Crippen molar-refractivity contribution in [1.29, 1.82) is 0 Å².